The molecule has 140 valence electrons. The zero-order chi connectivity index (χ0) is 18.2. The molecule has 0 aliphatic carbocycles. The normalized spacial score (nSPS) is 16.8. The van der Waals surface area contributed by atoms with Gasteiger partial charge < -0.3 is 9.88 Å². The van der Waals surface area contributed by atoms with Gasteiger partial charge in [0.1, 0.15) is 12.2 Å². The van der Waals surface area contributed by atoms with Crippen LogP contribution in [0.25, 0.3) is 0 Å². The fraction of sp³-hybridized carbons (Fsp3) is 0.550. The Balaban J connectivity index is 1.58. The van der Waals surface area contributed by atoms with Crippen molar-refractivity contribution in [3.05, 3.63) is 48.0 Å². The van der Waals surface area contributed by atoms with E-state index in [2.05, 4.69) is 44.7 Å². The average Bonchev–Trinajstić information content (AvgIpc) is 2.90. The van der Waals surface area contributed by atoms with Gasteiger partial charge in [-0.05, 0) is 31.5 Å². The SMILES string of the molecule is Cn1cnnc1CCC(=O)NCC(c1ccccc1)N1CCCCCC1. The number of amides is 1. The third-order valence-electron chi connectivity index (χ3n) is 5.14. The number of nitrogens with one attached hydrogen (secondary N) is 1. The summed E-state index contributed by atoms with van der Waals surface area (Å²) in [7, 11) is 1.90. The lowest BCUT2D eigenvalue weighted by Crippen LogP contribution is -2.38. The van der Waals surface area contributed by atoms with E-state index in [1.807, 2.05) is 17.7 Å². The van der Waals surface area contributed by atoms with Gasteiger partial charge in [0.2, 0.25) is 5.91 Å². The lowest BCUT2D eigenvalue weighted by molar-refractivity contribution is -0.121. The molecule has 26 heavy (non-hydrogen) atoms. The molecule has 2 aromatic rings. The minimum Gasteiger partial charge on any atom is -0.354 e. The Morgan fingerprint density at radius 1 is 1.15 bits per heavy atom. The zero-order valence-electron chi connectivity index (χ0n) is 15.6. The minimum atomic E-state index is 0.0729. The topological polar surface area (TPSA) is 63.1 Å². The van der Waals surface area contributed by atoms with Crippen LogP contribution >= 0.6 is 0 Å². The number of hydrogen-bond donors (Lipinski definition) is 1. The molecule has 1 unspecified atom stereocenters. The smallest absolute Gasteiger partial charge is 0.220 e. The molecule has 2 heterocycles. The Hall–Kier alpha value is -2.21. The highest BCUT2D eigenvalue weighted by molar-refractivity contribution is 5.76. The molecule has 0 radical (unpaired) electrons. The number of carbonyl (C=O) groups is 1. The van der Waals surface area contributed by atoms with E-state index < -0.39 is 0 Å². The van der Waals surface area contributed by atoms with Crippen LogP contribution < -0.4 is 5.32 Å². The number of rotatable bonds is 7. The molecule has 1 amide bonds. The fourth-order valence-electron chi connectivity index (χ4n) is 3.60. The average molecular weight is 355 g/mol. The zero-order valence-corrected chi connectivity index (χ0v) is 15.6. The Morgan fingerprint density at radius 3 is 2.54 bits per heavy atom. The number of benzene rings is 1. The highest BCUT2D eigenvalue weighted by Crippen LogP contribution is 2.23. The second-order valence-electron chi connectivity index (χ2n) is 7.04. The van der Waals surface area contributed by atoms with Crippen LogP contribution in [0.3, 0.4) is 0 Å². The predicted octanol–water partition coefficient (Wildman–Crippen LogP) is 2.48. The first-order valence-corrected chi connectivity index (χ1v) is 9.62. The van der Waals surface area contributed by atoms with E-state index in [1.54, 1.807) is 6.33 Å². The van der Waals surface area contributed by atoms with Crippen LogP contribution in [-0.2, 0) is 18.3 Å². The van der Waals surface area contributed by atoms with Crippen molar-refractivity contribution in [1.29, 1.82) is 0 Å². The van der Waals surface area contributed by atoms with Crippen LogP contribution in [0.5, 0.6) is 0 Å². The van der Waals surface area contributed by atoms with Crippen LogP contribution in [0.15, 0.2) is 36.7 Å². The molecule has 0 bridgehead atoms. The van der Waals surface area contributed by atoms with Gasteiger partial charge in [-0.15, -0.1) is 10.2 Å². The van der Waals surface area contributed by atoms with Crippen LogP contribution in [-0.4, -0.2) is 45.2 Å². The van der Waals surface area contributed by atoms with Crippen molar-refractivity contribution in [2.75, 3.05) is 19.6 Å². The summed E-state index contributed by atoms with van der Waals surface area (Å²) in [6.45, 7) is 2.87. The second kappa shape index (κ2) is 9.48. The van der Waals surface area contributed by atoms with Gasteiger partial charge in [-0.1, -0.05) is 43.2 Å². The third-order valence-corrected chi connectivity index (χ3v) is 5.14. The number of carbonyl (C=O) groups excluding carboxylic acids is 1. The van der Waals surface area contributed by atoms with E-state index >= 15 is 0 Å². The minimum absolute atomic E-state index is 0.0729. The van der Waals surface area contributed by atoms with E-state index in [-0.39, 0.29) is 11.9 Å². The maximum atomic E-state index is 12.3. The molecule has 1 saturated heterocycles. The number of hydrogen-bond acceptors (Lipinski definition) is 4. The van der Waals surface area contributed by atoms with Gasteiger partial charge >= 0.3 is 0 Å². The van der Waals surface area contributed by atoms with Crippen molar-refractivity contribution in [1.82, 2.24) is 25.0 Å². The molecule has 1 aromatic heterocycles. The summed E-state index contributed by atoms with van der Waals surface area (Å²) in [6.07, 6.45) is 7.81. The standard InChI is InChI=1S/C20H29N5O/c1-24-16-22-23-19(24)11-12-20(26)21-15-18(17-9-5-4-6-10-17)25-13-7-2-3-8-14-25/h4-6,9-10,16,18H,2-3,7-8,11-15H2,1H3,(H,21,26). The lowest BCUT2D eigenvalue weighted by Gasteiger charge is -2.31. The summed E-state index contributed by atoms with van der Waals surface area (Å²) >= 11 is 0. The quantitative estimate of drug-likeness (QED) is 0.829. The summed E-state index contributed by atoms with van der Waals surface area (Å²) in [5, 5.41) is 11.0. The molecule has 0 saturated carbocycles. The largest absolute Gasteiger partial charge is 0.354 e. The summed E-state index contributed by atoms with van der Waals surface area (Å²) in [5.74, 6) is 0.913. The van der Waals surface area contributed by atoms with E-state index in [9.17, 15) is 4.79 Å². The van der Waals surface area contributed by atoms with Crippen LogP contribution in [0.4, 0.5) is 0 Å². The van der Waals surface area contributed by atoms with Crippen molar-refractivity contribution in [2.45, 2.75) is 44.6 Å². The van der Waals surface area contributed by atoms with Gasteiger partial charge in [0.15, 0.2) is 0 Å². The molecule has 1 aliphatic rings. The first-order chi connectivity index (χ1) is 12.7. The molecular formula is C20H29N5O. The van der Waals surface area contributed by atoms with Gasteiger partial charge in [-0.3, -0.25) is 9.69 Å². The molecule has 1 aliphatic heterocycles. The van der Waals surface area contributed by atoms with Crippen molar-refractivity contribution < 1.29 is 4.79 Å². The maximum absolute atomic E-state index is 12.3. The number of nitrogens with zero attached hydrogens (tertiary/aromatic N) is 4. The lowest BCUT2D eigenvalue weighted by atomic mass is 10.0. The molecule has 1 N–H and O–H groups in total. The van der Waals surface area contributed by atoms with E-state index in [0.29, 0.717) is 19.4 Å². The molecule has 3 rings (SSSR count). The molecule has 0 spiro atoms. The molecule has 6 nitrogen and oxygen atoms in total. The Bertz CT molecular complexity index is 677. The molecule has 1 atom stereocenters. The summed E-state index contributed by atoms with van der Waals surface area (Å²) in [4.78, 5) is 14.9. The predicted molar refractivity (Wildman–Crippen MR) is 102 cm³/mol. The van der Waals surface area contributed by atoms with Crippen LogP contribution in [0.2, 0.25) is 0 Å². The summed E-state index contributed by atoms with van der Waals surface area (Å²) < 4.78 is 1.86. The monoisotopic (exact) mass is 355 g/mol. The van der Waals surface area contributed by atoms with Gasteiger partial charge in [-0.2, -0.15) is 0 Å². The molecule has 1 aromatic carbocycles. The van der Waals surface area contributed by atoms with Crippen LogP contribution in [0, 0.1) is 0 Å². The first kappa shape index (κ1) is 18.6. The van der Waals surface area contributed by atoms with E-state index in [1.165, 1.54) is 31.2 Å². The molecule has 1 fully saturated rings. The number of likely N-dealkylation sites (tertiary alicyclic amines) is 1. The van der Waals surface area contributed by atoms with Crippen LogP contribution in [0.1, 0.15) is 49.5 Å². The van der Waals surface area contributed by atoms with Gasteiger partial charge in [0.05, 0.1) is 6.04 Å². The van der Waals surface area contributed by atoms with Gasteiger partial charge in [0, 0.05) is 26.4 Å². The Morgan fingerprint density at radius 2 is 1.88 bits per heavy atom. The molecular weight excluding hydrogens is 326 g/mol. The Kier molecular flexibility index (Phi) is 6.77. The fourth-order valence-corrected chi connectivity index (χ4v) is 3.60. The van der Waals surface area contributed by atoms with Crippen molar-refractivity contribution in [3.8, 4) is 0 Å². The third kappa shape index (κ3) is 5.14. The van der Waals surface area contributed by atoms with Gasteiger partial charge in [-0.25, -0.2) is 0 Å². The van der Waals surface area contributed by atoms with Crippen molar-refractivity contribution in [2.24, 2.45) is 7.05 Å². The number of aryl methyl sites for hydroxylation is 2. The van der Waals surface area contributed by atoms with E-state index in [0.717, 1.165) is 18.9 Å². The summed E-state index contributed by atoms with van der Waals surface area (Å²) in [6, 6.07) is 10.8. The second-order valence-corrected chi connectivity index (χ2v) is 7.04. The molecule has 6 heteroatoms. The first-order valence-electron chi connectivity index (χ1n) is 9.62. The number of aromatic nitrogens is 3. The Labute approximate surface area is 155 Å². The van der Waals surface area contributed by atoms with Crippen molar-refractivity contribution >= 4 is 5.91 Å². The van der Waals surface area contributed by atoms with Crippen molar-refractivity contribution in [3.63, 3.8) is 0 Å². The summed E-state index contributed by atoms with van der Waals surface area (Å²) in [5.41, 5.74) is 1.28. The highest BCUT2D eigenvalue weighted by atomic mass is 16.1. The van der Waals surface area contributed by atoms with E-state index in [4.69, 9.17) is 0 Å². The van der Waals surface area contributed by atoms with Gasteiger partial charge in [0.25, 0.3) is 0 Å². The highest BCUT2D eigenvalue weighted by Gasteiger charge is 2.22. The maximum Gasteiger partial charge on any atom is 0.220 e.